The summed E-state index contributed by atoms with van der Waals surface area (Å²) in [7, 11) is -3.64. The first-order chi connectivity index (χ1) is 24.9. The first kappa shape index (κ1) is 34.9. The van der Waals surface area contributed by atoms with Gasteiger partial charge in [0.15, 0.2) is 12.1 Å². The first-order valence-corrected chi connectivity index (χ1v) is 19.2. The summed E-state index contributed by atoms with van der Waals surface area (Å²) >= 11 is 1.51. The largest absolute Gasteiger partial charge is 0.431 e. The van der Waals surface area contributed by atoms with Crippen LogP contribution in [0.15, 0.2) is 154 Å². The molecular formula is C41H38N2O6S2. The average Bonchev–Trinajstić information content (AvgIpc) is 3.62. The third-order valence-corrected chi connectivity index (χ3v) is 11.3. The van der Waals surface area contributed by atoms with Crippen molar-refractivity contribution < 1.29 is 27.4 Å². The van der Waals surface area contributed by atoms with Gasteiger partial charge in [-0.3, -0.25) is 0 Å². The van der Waals surface area contributed by atoms with Gasteiger partial charge in [0.25, 0.3) is 5.22 Å². The van der Waals surface area contributed by atoms with Crippen LogP contribution >= 0.6 is 11.8 Å². The van der Waals surface area contributed by atoms with E-state index >= 15 is 0 Å². The van der Waals surface area contributed by atoms with Gasteiger partial charge in [-0.05, 0) is 28.8 Å². The summed E-state index contributed by atoms with van der Waals surface area (Å²) in [5.41, 5.74) is 6.16. The van der Waals surface area contributed by atoms with Gasteiger partial charge in [-0.25, -0.2) is 18.1 Å². The molecule has 0 bridgehead atoms. The van der Waals surface area contributed by atoms with Crippen molar-refractivity contribution in [3.63, 3.8) is 0 Å². The lowest BCUT2D eigenvalue weighted by Crippen LogP contribution is -2.38. The fraction of sp³-hybridized carbons (Fsp3) is 0.195. The van der Waals surface area contributed by atoms with E-state index in [0.29, 0.717) is 11.0 Å². The van der Waals surface area contributed by atoms with Crippen LogP contribution in [0.25, 0.3) is 22.6 Å². The van der Waals surface area contributed by atoms with Gasteiger partial charge in [0.1, 0.15) is 5.69 Å². The normalized spacial score (nSPS) is 19.2. The number of aromatic nitrogens is 1. The molecule has 2 heterocycles. The van der Waals surface area contributed by atoms with Crippen molar-refractivity contribution >= 4 is 21.8 Å². The molecular weight excluding hydrogens is 681 g/mol. The molecule has 1 fully saturated rings. The SMILES string of the molecule is CC1C(CSc2nc(-c3ccccc3)c(-c3ccccc3)o2)OC(c2ccc(CNS(=O)(=O)c3ccccc3)cc2)OC1c1ccc(CO)cc1. The highest BCUT2D eigenvalue weighted by atomic mass is 32.2. The predicted octanol–water partition coefficient (Wildman–Crippen LogP) is 8.56. The third-order valence-electron chi connectivity index (χ3n) is 8.96. The Hall–Kier alpha value is -4.55. The van der Waals surface area contributed by atoms with E-state index in [4.69, 9.17) is 18.9 Å². The summed E-state index contributed by atoms with van der Waals surface area (Å²) in [6, 6.07) is 43.7. The second-order valence-corrected chi connectivity index (χ2v) is 15.1. The molecule has 1 saturated heterocycles. The Morgan fingerprint density at radius 2 is 1.31 bits per heavy atom. The first-order valence-electron chi connectivity index (χ1n) is 16.8. The van der Waals surface area contributed by atoms with Crippen molar-refractivity contribution in [2.45, 2.75) is 48.7 Å². The van der Waals surface area contributed by atoms with E-state index in [9.17, 15) is 13.5 Å². The minimum Gasteiger partial charge on any atom is -0.431 e. The van der Waals surface area contributed by atoms with E-state index in [1.165, 1.54) is 11.8 Å². The third kappa shape index (κ3) is 8.18. The summed E-state index contributed by atoms with van der Waals surface area (Å²) in [4.78, 5) is 5.16. The van der Waals surface area contributed by atoms with Crippen molar-refractivity contribution in [2.75, 3.05) is 5.75 Å². The number of benzene rings is 5. The van der Waals surface area contributed by atoms with Crippen molar-refractivity contribution in [1.29, 1.82) is 0 Å². The Morgan fingerprint density at radius 1 is 0.725 bits per heavy atom. The topological polar surface area (TPSA) is 111 Å². The van der Waals surface area contributed by atoms with Crippen molar-refractivity contribution in [3.8, 4) is 22.6 Å². The lowest BCUT2D eigenvalue weighted by molar-refractivity contribution is -0.268. The molecule has 0 amide bonds. The van der Waals surface area contributed by atoms with E-state index in [0.717, 1.165) is 44.8 Å². The molecule has 0 saturated carbocycles. The van der Waals surface area contributed by atoms with Crippen LogP contribution in [-0.4, -0.2) is 30.4 Å². The van der Waals surface area contributed by atoms with Gasteiger partial charge >= 0.3 is 0 Å². The number of nitrogens with zero attached hydrogens (tertiary/aromatic N) is 1. The van der Waals surface area contributed by atoms with Gasteiger partial charge in [-0.1, -0.05) is 146 Å². The second kappa shape index (κ2) is 15.8. The standard InChI is InChI=1S/C41H38N2O6S2/c1-28-36(27-50-41-43-37(31-11-5-2-6-12-31)39(49-41)32-13-7-3-8-14-32)47-40(48-38(28)33-21-19-30(26-44)20-22-33)34-23-17-29(18-24-34)25-42-51(45,46)35-15-9-4-10-16-35/h2-24,28,36,38,40,42,44H,25-27H2,1H3. The van der Waals surface area contributed by atoms with Crippen molar-refractivity contribution in [3.05, 3.63) is 162 Å². The molecule has 1 aliphatic rings. The monoisotopic (exact) mass is 718 g/mol. The predicted molar refractivity (Wildman–Crippen MR) is 198 cm³/mol. The Kier molecular flexibility index (Phi) is 10.8. The number of ether oxygens (including phenoxy) is 2. The van der Waals surface area contributed by atoms with Crippen LogP contribution in [0.4, 0.5) is 0 Å². The van der Waals surface area contributed by atoms with Gasteiger partial charge in [-0.15, -0.1) is 0 Å². The van der Waals surface area contributed by atoms with E-state index in [2.05, 4.69) is 11.6 Å². The number of sulfonamides is 1. The summed E-state index contributed by atoms with van der Waals surface area (Å²) in [6.07, 6.45) is -1.20. The molecule has 260 valence electrons. The summed E-state index contributed by atoms with van der Waals surface area (Å²) in [5.74, 6) is 1.25. The molecule has 10 heteroatoms. The van der Waals surface area contributed by atoms with Gasteiger partial charge in [0, 0.05) is 34.9 Å². The quantitative estimate of drug-likeness (QED) is 0.121. The van der Waals surface area contributed by atoms with E-state index in [1.807, 2.05) is 109 Å². The van der Waals surface area contributed by atoms with Gasteiger partial charge in [-0.2, -0.15) is 0 Å². The molecule has 1 aliphatic heterocycles. The summed E-state index contributed by atoms with van der Waals surface area (Å²) in [6.45, 7) is 2.23. The van der Waals surface area contributed by atoms with E-state index in [1.54, 1.807) is 30.3 Å². The fourth-order valence-electron chi connectivity index (χ4n) is 6.06. The number of aliphatic hydroxyl groups is 1. The Balaban J connectivity index is 1.11. The van der Waals surface area contributed by atoms with Crippen LogP contribution in [-0.2, 0) is 32.6 Å². The number of aliphatic hydroxyl groups excluding tert-OH is 1. The summed E-state index contributed by atoms with van der Waals surface area (Å²) in [5, 5.41) is 10.2. The zero-order chi connectivity index (χ0) is 35.2. The van der Waals surface area contributed by atoms with Gasteiger partial charge < -0.3 is 19.0 Å². The van der Waals surface area contributed by atoms with Crippen molar-refractivity contribution in [2.24, 2.45) is 5.92 Å². The van der Waals surface area contributed by atoms with Crippen LogP contribution in [0, 0.1) is 5.92 Å². The number of rotatable bonds is 12. The van der Waals surface area contributed by atoms with E-state index in [-0.39, 0.29) is 36.2 Å². The summed E-state index contributed by atoms with van der Waals surface area (Å²) < 4.78 is 47.9. The van der Waals surface area contributed by atoms with Gasteiger partial charge in [0.05, 0.1) is 23.7 Å². The minimum absolute atomic E-state index is 0.0301. The second-order valence-electron chi connectivity index (χ2n) is 12.4. The molecule has 8 nitrogen and oxygen atoms in total. The maximum absolute atomic E-state index is 12.7. The Bertz CT molecular complexity index is 2070. The molecule has 51 heavy (non-hydrogen) atoms. The zero-order valence-electron chi connectivity index (χ0n) is 28.0. The highest BCUT2D eigenvalue weighted by molar-refractivity contribution is 7.99. The van der Waals surface area contributed by atoms with Gasteiger partial charge in [0.2, 0.25) is 10.0 Å². The number of thioether (sulfide) groups is 1. The van der Waals surface area contributed by atoms with E-state index < -0.39 is 16.3 Å². The molecule has 1 aromatic heterocycles. The van der Waals surface area contributed by atoms with Crippen molar-refractivity contribution in [1.82, 2.24) is 9.71 Å². The molecule has 4 atom stereocenters. The fourth-order valence-corrected chi connectivity index (χ4v) is 8.08. The highest BCUT2D eigenvalue weighted by Gasteiger charge is 2.38. The number of hydrogen-bond acceptors (Lipinski definition) is 8. The Morgan fingerprint density at radius 3 is 1.96 bits per heavy atom. The minimum atomic E-state index is -3.64. The van der Waals surface area contributed by atoms with Crippen LogP contribution in [0.1, 0.15) is 41.6 Å². The maximum Gasteiger partial charge on any atom is 0.256 e. The molecule has 6 aromatic rings. The number of nitrogens with one attached hydrogen (secondary N) is 1. The molecule has 7 rings (SSSR count). The molecule has 4 unspecified atom stereocenters. The van der Waals surface area contributed by atoms with Crippen LogP contribution in [0.5, 0.6) is 0 Å². The van der Waals surface area contributed by atoms with Crippen LogP contribution in [0.2, 0.25) is 0 Å². The van der Waals surface area contributed by atoms with Crippen LogP contribution in [0.3, 0.4) is 0 Å². The van der Waals surface area contributed by atoms with Crippen LogP contribution < -0.4 is 4.72 Å². The maximum atomic E-state index is 12.7. The highest BCUT2D eigenvalue weighted by Crippen LogP contribution is 2.44. The molecule has 2 N–H and O–H groups in total. The zero-order valence-corrected chi connectivity index (χ0v) is 29.6. The number of hydrogen-bond donors (Lipinski definition) is 2. The lowest BCUT2D eigenvalue weighted by Gasteiger charge is -2.41. The lowest BCUT2D eigenvalue weighted by atomic mass is 9.91. The molecule has 0 spiro atoms. The smallest absolute Gasteiger partial charge is 0.256 e. The Labute approximate surface area is 302 Å². The molecule has 0 radical (unpaired) electrons. The number of oxazole rings is 1. The molecule has 5 aromatic carbocycles. The molecule has 0 aliphatic carbocycles. The average molecular weight is 719 g/mol.